The zero-order chi connectivity index (χ0) is 17.7. The van der Waals surface area contributed by atoms with Gasteiger partial charge in [-0.3, -0.25) is 4.79 Å². The molecule has 5 aliphatic rings. The van der Waals surface area contributed by atoms with Crippen LogP contribution in [0.1, 0.15) is 50.6 Å². The van der Waals surface area contributed by atoms with Crippen LogP contribution in [0.4, 0.5) is 5.82 Å². The minimum atomic E-state index is 0.353. The standard InChI is InChI=1S/C21H30N4O/c1-15-2-3-19(23-22-15)24-4-6-25(7-5-24)20(26)14-21-11-16-8-17(12-21)10-18(9-16)13-21/h2-3,16-18H,4-14H2,1H3. The maximum Gasteiger partial charge on any atom is 0.223 e. The second-order valence-electron chi connectivity index (χ2n) is 9.50. The minimum absolute atomic E-state index is 0.353. The van der Waals surface area contributed by atoms with E-state index >= 15 is 0 Å². The first-order valence-electron chi connectivity index (χ1n) is 10.4. The van der Waals surface area contributed by atoms with Crippen molar-refractivity contribution in [2.24, 2.45) is 23.2 Å². The molecule has 4 saturated carbocycles. The van der Waals surface area contributed by atoms with Crippen LogP contribution >= 0.6 is 0 Å². The van der Waals surface area contributed by atoms with Crippen LogP contribution in [0, 0.1) is 30.1 Å². The van der Waals surface area contributed by atoms with Crippen LogP contribution in [-0.2, 0) is 4.79 Å². The molecule has 0 N–H and O–H groups in total. The van der Waals surface area contributed by atoms with E-state index < -0.39 is 0 Å². The van der Waals surface area contributed by atoms with Gasteiger partial charge >= 0.3 is 0 Å². The molecule has 1 aromatic heterocycles. The number of piperazine rings is 1. The second kappa shape index (κ2) is 6.21. The molecule has 1 amide bonds. The molecule has 6 rings (SSSR count). The van der Waals surface area contributed by atoms with Crippen LogP contribution in [0.15, 0.2) is 12.1 Å². The summed E-state index contributed by atoms with van der Waals surface area (Å²) in [4.78, 5) is 17.4. The number of aromatic nitrogens is 2. The fourth-order valence-electron chi connectivity index (χ4n) is 6.68. The van der Waals surface area contributed by atoms with E-state index in [0.717, 1.165) is 61.9 Å². The van der Waals surface area contributed by atoms with Crippen molar-refractivity contribution in [3.63, 3.8) is 0 Å². The lowest BCUT2D eigenvalue weighted by Gasteiger charge is -2.57. The molecular weight excluding hydrogens is 324 g/mol. The third-order valence-corrected chi connectivity index (χ3v) is 7.43. The van der Waals surface area contributed by atoms with Crippen LogP contribution < -0.4 is 4.90 Å². The SMILES string of the molecule is Cc1ccc(N2CCN(C(=O)CC34CC5CC(CC(C5)C3)C4)CC2)nn1. The molecule has 0 unspecified atom stereocenters. The molecule has 0 aromatic carbocycles. The third-order valence-electron chi connectivity index (χ3n) is 7.43. The number of aryl methyl sites for hydroxylation is 1. The monoisotopic (exact) mass is 354 g/mol. The fraction of sp³-hybridized carbons (Fsp3) is 0.762. The average molecular weight is 354 g/mol. The third kappa shape index (κ3) is 2.99. The molecular formula is C21H30N4O. The van der Waals surface area contributed by atoms with Gasteiger partial charge in [-0.05, 0) is 80.8 Å². The fourth-order valence-corrected chi connectivity index (χ4v) is 6.68. The number of carbonyl (C=O) groups is 1. The summed E-state index contributed by atoms with van der Waals surface area (Å²) in [7, 11) is 0. The van der Waals surface area contributed by atoms with E-state index in [-0.39, 0.29) is 0 Å². The summed E-state index contributed by atoms with van der Waals surface area (Å²) in [6.45, 7) is 5.33. The van der Waals surface area contributed by atoms with Crippen molar-refractivity contribution in [3.05, 3.63) is 17.8 Å². The summed E-state index contributed by atoms with van der Waals surface area (Å²) in [6.07, 6.45) is 9.12. The van der Waals surface area contributed by atoms with E-state index in [4.69, 9.17) is 0 Å². The number of carbonyl (C=O) groups excluding carboxylic acids is 1. The average Bonchev–Trinajstić information content (AvgIpc) is 2.61. The first kappa shape index (κ1) is 16.5. The molecule has 26 heavy (non-hydrogen) atoms. The Kier molecular flexibility index (Phi) is 3.94. The van der Waals surface area contributed by atoms with Gasteiger partial charge in [0, 0.05) is 32.6 Å². The normalized spacial score (nSPS) is 35.8. The van der Waals surface area contributed by atoms with E-state index in [1.54, 1.807) is 0 Å². The van der Waals surface area contributed by atoms with Gasteiger partial charge in [-0.2, -0.15) is 5.10 Å². The number of rotatable bonds is 3. The Morgan fingerprint density at radius 2 is 1.62 bits per heavy atom. The predicted octanol–water partition coefficient (Wildman–Crippen LogP) is 3.04. The van der Waals surface area contributed by atoms with Crippen LogP contribution in [0.5, 0.6) is 0 Å². The Balaban J connectivity index is 1.19. The highest BCUT2D eigenvalue weighted by molar-refractivity contribution is 5.77. The summed E-state index contributed by atoms with van der Waals surface area (Å²) in [5.41, 5.74) is 1.30. The molecule has 5 heteroatoms. The lowest BCUT2D eigenvalue weighted by Crippen LogP contribution is -2.52. The quantitative estimate of drug-likeness (QED) is 0.837. The molecule has 4 bridgehead atoms. The Bertz CT molecular complexity index is 642. The number of anilines is 1. The lowest BCUT2D eigenvalue weighted by atomic mass is 9.49. The molecule has 0 radical (unpaired) electrons. The van der Waals surface area contributed by atoms with E-state index in [1.165, 1.54) is 38.5 Å². The molecule has 5 fully saturated rings. The minimum Gasteiger partial charge on any atom is -0.352 e. The molecule has 5 nitrogen and oxygen atoms in total. The molecule has 1 aliphatic heterocycles. The highest BCUT2D eigenvalue weighted by Gasteiger charge is 2.51. The molecule has 1 saturated heterocycles. The number of amides is 1. The van der Waals surface area contributed by atoms with Crippen LogP contribution in [0.2, 0.25) is 0 Å². The number of hydrogen-bond donors (Lipinski definition) is 0. The second-order valence-corrected chi connectivity index (χ2v) is 9.50. The van der Waals surface area contributed by atoms with Gasteiger partial charge in [0.25, 0.3) is 0 Å². The number of nitrogens with zero attached hydrogens (tertiary/aromatic N) is 4. The summed E-state index contributed by atoms with van der Waals surface area (Å²) in [6, 6.07) is 4.04. The van der Waals surface area contributed by atoms with Crippen LogP contribution in [-0.4, -0.2) is 47.2 Å². The first-order chi connectivity index (χ1) is 12.6. The van der Waals surface area contributed by atoms with Gasteiger partial charge in [-0.1, -0.05) is 0 Å². The topological polar surface area (TPSA) is 49.3 Å². The van der Waals surface area contributed by atoms with Gasteiger partial charge < -0.3 is 9.80 Å². The summed E-state index contributed by atoms with van der Waals surface area (Å²) in [5.74, 6) is 4.11. The smallest absolute Gasteiger partial charge is 0.223 e. The highest BCUT2D eigenvalue weighted by atomic mass is 16.2. The molecule has 0 atom stereocenters. The van der Waals surface area contributed by atoms with Gasteiger partial charge in [0.2, 0.25) is 5.91 Å². The van der Waals surface area contributed by atoms with Gasteiger partial charge in [-0.25, -0.2) is 0 Å². The van der Waals surface area contributed by atoms with Gasteiger partial charge in [-0.15, -0.1) is 5.10 Å². The molecule has 140 valence electrons. The Hall–Kier alpha value is -1.65. The van der Waals surface area contributed by atoms with Gasteiger partial charge in [0.05, 0.1) is 5.69 Å². The summed E-state index contributed by atoms with van der Waals surface area (Å²) < 4.78 is 0. The summed E-state index contributed by atoms with van der Waals surface area (Å²) >= 11 is 0. The number of hydrogen-bond acceptors (Lipinski definition) is 4. The highest BCUT2D eigenvalue weighted by Crippen LogP contribution is 2.61. The van der Waals surface area contributed by atoms with Crippen molar-refractivity contribution < 1.29 is 4.79 Å². The van der Waals surface area contributed by atoms with Crippen molar-refractivity contribution in [2.45, 2.75) is 51.9 Å². The van der Waals surface area contributed by atoms with Crippen molar-refractivity contribution in [3.8, 4) is 0 Å². The Morgan fingerprint density at radius 3 is 2.15 bits per heavy atom. The van der Waals surface area contributed by atoms with Crippen molar-refractivity contribution in [2.75, 3.05) is 31.1 Å². The molecule has 2 heterocycles. The van der Waals surface area contributed by atoms with E-state index in [0.29, 0.717) is 11.3 Å². The van der Waals surface area contributed by atoms with E-state index in [1.807, 2.05) is 19.1 Å². The van der Waals surface area contributed by atoms with Gasteiger partial charge in [0.1, 0.15) is 0 Å². The first-order valence-corrected chi connectivity index (χ1v) is 10.4. The molecule has 1 aromatic rings. The van der Waals surface area contributed by atoms with Crippen LogP contribution in [0.3, 0.4) is 0 Å². The molecule has 4 aliphatic carbocycles. The predicted molar refractivity (Wildman–Crippen MR) is 101 cm³/mol. The lowest BCUT2D eigenvalue weighted by molar-refractivity contribution is -0.139. The van der Waals surface area contributed by atoms with Gasteiger partial charge in [0.15, 0.2) is 5.82 Å². The maximum absolute atomic E-state index is 13.0. The van der Waals surface area contributed by atoms with E-state index in [2.05, 4.69) is 20.0 Å². The Labute approximate surface area is 156 Å². The Morgan fingerprint density at radius 1 is 1.00 bits per heavy atom. The van der Waals surface area contributed by atoms with Crippen molar-refractivity contribution >= 4 is 11.7 Å². The van der Waals surface area contributed by atoms with E-state index in [9.17, 15) is 4.79 Å². The van der Waals surface area contributed by atoms with Crippen LogP contribution in [0.25, 0.3) is 0 Å². The summed E-state index contributed by atoms with van der Waals surface area (Å²) in [5, 5.41) is 8.45. The van der Waals surface area contributed by atoms with Crippen molar-refractivity contribution in [1.82, 2.24) is 15.1 Å². The zero-order valence-corrected chi connectivity index (χ0v) is 15.9. The zero-order valence-electron chi connectivity index (χ0n) is 15.9. The maximum atomic E-state index is 13.0. The molecule has 0 spiro atoms. The van der Waals surface area contributed by atoms with Crippen molar-refractivity contribution in [1.29, 1.82) is 0 Å². The largest absolute Gasteiger partial charge is 0.352 e.